The molecule has 11 heavy (non-hydrogen) atoms. The number of unbranched alkanes of at least 4 members (excludes halogenated alkanes) is 1. The number of rotatable bonds is 5. The Morgan fingerprint density at radius 1 is 1.73 bits per heavy atom. The molecule has 0 aromatic heterocycles. The summed E-state index contributed by atoms with van der Waals surface area (Å²) >= 11 is 0. The number of allylic oxidation sites excluding steroid dienone is 1. The normalized spacial score (nSPS) is 9.91. The molecule has 0 atom stereocenters. The van der Waals surface area contributed by atoms with Gasteiger partial charge in [0.2, 0.25) is 5.91 Å². The Balaban J connectivity index is 3.20. The van der Waals surface area contributed by atoms with Gasteiger partial charge in [-0.3, -0.25) is 4.79 Å². The van der Waals surface area contributed by atoms with Gasteiger partial charge >= 0.3 is 0 Å². The quantitative estimate of drug-likeness (QED) is 0.476. The van der Waals surface area contributed by atoms with Crippen LogP contribution in [0, 0.1) is 0 Å². The van der Waals surface area contributed by atoms with Crippen molar-refractivity contribution < 1.29 is 4.79 Å². The van der Waals surface area contributed by atoms with Gasteiger partial charge in [0.05, 0.1) is 0 Å². The van der Waals surface area contributed by atoms with Gasteiger partial charge in [0.15, 0.2) is 0 Å². The second kappa shape index (κ2) is 6.99. The van der Waals surface area contributed by atoms with Crippen molar-refractivity contribution >= 4 is 12.6 Å². The lowest BCUT2D eigenvalue weighted by Gasteiger charge is -1.91. The Morgan fingerprint density at radius 2 is 2.45 bits per heavy atom. The summed E-state index contributed by atoms with van der Waals surface area (Å²) in [4.78, 5) is 13.9. The standard InChI is InChI=1S/C8H14N2O/c1-9-7-5-3-4-6-8(11)10-2/h5,7,9H,2-4,6H2,1H3/b7-5-. The van der Waals surface area contributed by atoms with Crippen molar-refractivity contribution in [2.75, 3.05) is 7.05 Å². The predicted molar refractivity (Wildman–Crippen MR) is 46.6 cm³/mol. The number of nitrogens with one attached hydrogen (secondary N) is 1. The lowest BCUT2D eigenvalue weighted by atomic mass is 10.2. The summed E-state index contributed by atoms with van der Waals surface area (Å²) in [7, 11) is 1.84. The molecule has 0 aromatic carbocycles. The molecule has 0 unspecified atom stereocenters. The third-order valence-electron chi connectivity index (χ3n) is 1.22. The van der Waals surface area contributed by atoms with Crippen LogP contribution in [0.15, 0.2) is 17.3 Å². The molecule has 3 heteroatoms. The molecule has 0 saturated heterocycles. The highest BCUT2D eigenvalue weighted by Gasteiger charge is 1.93. The minimum atomic E-state index is -0.122. The number of amides is 1. The molecule has 0 heterocycles. The zero-order chi connectivity index (χ0) is 8.53. The summed E-state index contributed by atoms with van der Waals surface area (Å²) in [5.74, 6) is -0.122. The molecular formula is C8H14N2O. The Bertz CT molecular complexity index is 152. The van der Waals surface area contributed by atoms with E-state index in [0.717, 1.165) is 12.8 Å². The second-order valence-electron chi connectivity index (χ2n) is 2.14. The van der Waals surface area contributed by atoms with Gasteiger partial charge in [-0.25, -0.2) is 4.99 Å². The van der Waals surface area contributed by atoms with Crippen LogP contribution >= 0.6 is 0 Å². The van der Waals surface area contributed by atoms with Crippen LogP contribution in [0.25, 0.3) is 0 Å². The maximum atomic E-state index is 10.6. The minimum Gasteiger partial charge on any atom is -0.394 e. The van der Waals surface area contributed by atoms with Crippen LogP contribution in [-0.4, -0.2) is 19.7 Å². The van der Waals surface area contributed by atoms with Crippen molar-refractivity contribution in [2.24, 2.45) is 4.99 Å². The topological polar surface area (TPSA) is 41.5 Å². The first kappa shape index (κ1) is 9.88. The smallest absolute Gasteiger partial charge is 0.245 e. The lowest BCUT2D eigenvalue weighted by Crippen LogP contribution is -1.92. The molecule has 0 aliphatic heterocycles. The first-order valence-electron chi connectivity index (χ1n) is 3.63. The Hall–Kier alpha value is -1.12. The number of hydrogen-bond acceptors (Lipinski definition) is 2. The molecule has 0 rings (SSSR count). The fourth-order valence-electron chi connectivity index (χ4n) is 0.651. The number of aliphatic imine (C=N–C) groups is 1. The van der Waals surface area contributed by atoms with E-state index in [1.54, 1.807) is 0 Å². The van der Waals surface area contributed by atoms with Crippen molar-refractivity contribution in [1.82, 2.24) is 5.32 Å². The van der Waals surface area contributed by atoms with Gasteiger partial charge in [-0.2, -0.15) is 0 Å². The summed E-state index contributed by atoms with van der Waals surface area (Å²) in [5, 5.41) is 2.87. The third-order valence-corrected chi connectivity index (χ3v) is 1.22. The van der Waals surface area contributed by atoms with E-state index in [2.05, 4.69) is 17.0 Å². The van der Waals surface area contributed by atoms with Gasteiger partial charge in [-0.1, -0.05) is 6.08 Å². The minimum absolute atomic E-state index is 0.122. The second-order valence-corrected chi connectivity index (χ2v) is 2.14. The molecule has 1 N–H and O–H groups in total. The van der Waals surface area contributed by atoms with Gasteiger partial charge in [0.25, 0.3) is 0 Å². The van der Waals surface area contributed by atoms with Crippen molar-refractivity contribution in [3.8, 4) is 0 Å². The van der Waals surface area contributed by atoms with E-state index in [1.807, 2.05) is 19.3 Å². The molecule has 0 aliphatic rings. The van der Waals surface area contributed by atoms with Crippen molar-refractivity contribution in [3.05, 3.63) is 12.3 Å². The molecule has 0 saturated carbocycles. The molecule has 0 aliphatic carbocycles. The van der Waals surface area contributed by atoms with Crippen LogP contribution in [0.3, 0.4) is 0 Å². The maximum Gasteiger partial charge on any atom is 0.245 e. The van der Waals surface area contributed by atoms with E-state index in [1.165, 1.54) is 0 Å². The van der Waals surface area contributed by atoms with E-state index in [0.29, 0.717) is 6.42 Å². The first-order chi connectivity index (χ1) is 5.31. The van der Waals surface area contributed by atoms with Crippen LogP contribution in [0.4, 0.5) is 0 Å². The first-order valence-corrected chi connectivity index (χ1v) is 3.63. The maximum absolute atomic E-state index is 10.6. The SMILES string of the molecule is C=NC(=O)CCC/C=C\NC. The zero-order valence-corrected chi connectivity index (χ0v) is 6.84. The molecule has 0 aromatic rings. The highest BCUT2D eigenvalue weighted by molar-refractivity contribution is 5.80. The van der Waals surface area contributed by atoms with Gasteiger partial charge in [-0.15, -0.1) is 0 Å². The largest absolute Gasteiger partial charge is 0.394 e. The number of hydrogen-bond donors (Lipinski definition) is 1. The van der Waals surface area contributed by atoms with Crippen molar-refractivity contribution in [1.29, 1.82) is 0 Å². The monoisotopic (exact) mass is 154 g/mol. The summed E-state index contributed by atoms with van der Waals surface area (Å²) in [6.07, 6.45) is 6.08. The van der Waals surface area contributed by atoms with Gasteiger partial charge < -0.3 is 5.32 Å². The summed E-state index contributed by atoms with van der Waals surface area (Å²) < 4.78 is 0. The molecule has 0 bridgehead atoms. The summed E-state index contributed by atoms with van der Waals surface area (Å²) in [5.41, 5.74) is 0. The number of nitrogens with zero attached hydrogens (tertiary/aromatic N) is 1. The average molecular weight is 154 g/mol. The van der Waals surface area contributed by atoms with E-state index in [4.69, 9.17) is 0 Å². The molecule has 0 radical (unpaired) electrons. The molecule has 1 amide bonds. The zero-order valence-electron chi connectivity index (χ0n) is 6.84. The number of carbonyl (C=O) groups excluding carboxylic acids is 1. The fraction of sp³-hybridized carbons (Fsp3) is 0.500. The molecule has 62 valence electrons. The summed E-state index contributed by atoms with van der Waals surface area (Å²) in [6, 6.07) is 0. The van der Waals surface area contributed by atoms with Crippen LogP contribution in [0.1, 0.15) is 19.3 Å². The Labute approximate surface area is 67.2 Å². The van der Waals surface area contributed by atoms with E-state index < -0.39 is 0 Å². The third kappa shape index (κ3) is 6.77. The molecular weight excluding hydrogens is 140 g/mol. The van der Waals surface area contributed by atoms with Crippen LogP contribution in [-0.2, 0) is 4.79 Å². The average Bonchev–Trinajstić information content (AvgIpc) is 2.04. The Morgan fingerprint density at radius 3 is 3.00 bits per heavy atom. The fourth-order valence-corrected chi connectivity index (χ4v) is 0.651. The van der Waals surface area contributed by atoms with E-state index in [9.17, 15) is 4.79 Å². The van der Waals surface area contributed by atoms with E-state index in [-0.39, 0.29) is 5.91 Å². The van der Waals surface area contributed by atoms with Crippen LogP contribution in [0.2, 0.25) is 0 Å². The van der Waals surface area contributed by atoms with Crippen LogP contribution < -0.4 is 5.32 Å². The van der Waals surface area contributed by atoms with E-state index >= 15 is 0 Å². The highest BCUT2D eigenvalue weighted by atomic mass is 16.1. The van der Waals surface area contributed by atoms with Crippen molar-refractivity contribution in [3.63, 3.8) is 0 Å². The summed E-state index contributed by atoms with van der Waals surface area (Å²) in [6.45, 7) is 3.15. The number of carbonyl (C=O) groups is 1. The molecule has 0 fully saturated rings. The molecule has 0 spiro atoms. The predicted octanol–water partition coefficient (Wildman–Crippen LogP) is 1.12. The van der Waals surface area contributed by atoms with Gasteiger partial charge in [0.1, 0.15) is 0 Å². The van der Waals surface area contributed by atoms with Gasteiger partial charge in [0, 0.05) is 13.5 Å². The van der Waals surface area contributed by atoms with Crippen molar-refractivity contribution in [2.45, 2.75) is 19.3 Å². The van der Waals surface area contributed by atoms with Crippen LogP contribution in [0.5, 0.6) is 0 Å². The lowest BCUT2D eigenvalue weighted by molar-refractivity contribution is -0.117. The Kier molecular flexibility index (Phi) is 6.28. The van der Waals surface area contributed by atoms with Gasteiger partial charge in [-0.05, 0) is 25.8 Å². The highest BCUT2D eigenvalue weighted by Crippen LogP contribution is 1.97. The molecule has 3 nitrogen and oxygen atoms in total.